The van der Waals surface area contributed by atoms with Gasteiger partial charge in [0.1, 0.15) is 23.4 Å². The highest BCUT2D eigenvalue weighted by molar-refractivity contribution is 7.80. The zero-order valence-electron chi connectivity index (χ0n) is 17.0. The fraction of sp³-hybridized carbons (Fsp3) is 0.261. The third-order valence-electron chi connectivity index (χ3n) is 5.25. The summed E-state index contributed by atoms with van der Waals surface area (Å²) in [7, 11) is 1.38. The quantitative estimate of drug-likeness (QED) is 0.432. The van der Waals surface area contributed by atoms with Gasteiger partial charge in [0.25, 0.3) is 0 Å². The van der Waals surface area contributed by atoms with Crippen LogP contribution in [0.4, 0.5) is 4.39 Å². The molecule has 8 heteroatoms. The minimum atomic E-state index is -0.298. The number of ether oxygens (including phenoxy) is 1. The predicted octanol–water partition coefficient (Wildman–Crippen LogP) is 4.41. The molecule has 1 saturated heterocycles. The Bertz CT molecular complexity index is 1060. The molecule has 2 atom stereocenters. The number of esters is 1. The number of aromatic nitrogens is 1. The smallest absolute Gasteiger partial charge is 0.305 e. The third kappa shape index (κ3) is 4.59. The molecule has 3 aromatic rings. The van der Waals surface area contributed by atoms with E-state index in [0.717, 1.165) is 11.3 Å². The number of carbonyl (C=O) groups is 1. The Balaban J connectivity index is 1.64. The van der Waals surface area contributed by atoms with Gasteiger partial charge in [-0.2, -0.15) is 0 Å². The van der Waals surface area contributed by atoms with Crippen LogP contribution in [-0.2, 0) is 9.53 Å². The van der Waals surface area contributed by atoms with Crippen molar-refractivity contribution in [2.45, 2.75) is 24.9 Å². The van der Waals surface area contributed by atoms with Crippen molar-refractivity contribution in [1.29, 1.82) is 0 Å². The molecular formula is C23H22FN3O3S. The molecule has 4 rings (SSSR count). The number of carbonyl (C=O) groups excluding carboxylic acids is 1. The van der Waals surface area contributed by atoms with Crippen molar-refractivity contribution in [3.05, 3.63) is 78.1 Å². The molecule has 1 aliphatic heterocycles. The highest BCUT2D eigenvalue weighted by Crippen LogP contribution is 2.40. The average Bonchev–Trinajstić information content (AvgIpc) is 3.39. The summed E-state index contributed by atoms with van der Waals surface area (Å²) in [5.41, 5.74) is 1.62. The van der Waals surface area contributed by atoms with Gasteiger partial charge in [-0.15, -0.1) is 0 Å². The first kappa shape index (κ1) is 21.0. The van der Waals surface area contributed by atoms with Crippen molar-refractivity contribution in [1.82, 2.24) is 15.2 Å². The number of halogens is 1. The summed E-state index contributed by atoms with van der Waals surface area (Å²) in [5, 5.41) is 3.92. The summed E-state index contributed by atoms with van der Waals surface area (Å²) in [6.45, 7) is 0.557. The zero-order chi connectivity index (χ0) is 21.8. The lowest BCUT2D eigenvalue weighted by molar-refractivity contribution is -0.140. The first-order valence-corrected chi connectivity index (χ1v) is 10.4. The van der Waals surface area contributed by atoms with Crippen LogP contribution in [0, 0.1) is 5.82 Å². The lowest BCUT2D eigenvalue weighted by Gasteiger charge is -2.25. The summed E-state index contributed by atoms with van der Waals surface area (Å²) in [4.78, 5) is 18.1. The van der Waals surface area contributed by atoms with Crippen molar-refractivity contribution in [3.8, 4) is 11.3 Å². The van der Waals surface area contributed by atoms with Crippen molar-refractivity contribution in [2.24, 2.45) is 0 Å². The number of thiocarbonyl (C=S) groups is 1. The number of benzene rings is 1. The number of nitrogens with zero attached hydrogens (tertiary/aromatic N) is 2. The maximum atomic E-state index is 13.3. The molecule has 2 aromatic heterocycles. The molecule has 0 radical (unpaired) electrons. The van der Waals surface area contributed by atoms with Crippen molar-refractivity contribution in [2.75, 3.05) is 13.7 Å². The molecule has 0 bridgehead atoms. The topological polar surface area (TPSA) is 67.6 Å². The van der Waals surface area contributed by atoms with Gasteiger partial charge in [-0.1, -0.05) is 6.07 Å². The first-order valence-electron chi connectivity index (χ1n) is 9.97. The summed E-state index contributed by atoms with van der Waals surface area (Å²) < 4.78 is 24.2. The summed E-state index contributed by atoms with van der Waals surface area (Å²) in [6, 6.07) is 15.2. The SMILES string of the molecule is COC(=O)CCCN1C(=S)N[C@@H](c2ccccn2)[C@@H]1c1ccc(-c2ccc(F)cc2)o1. The number of methoxy groups -OCH3 is 1. The predicted molar refractivity (Wildman–Crippen MR) is 118 cm³/mol. The van der Waals surface area contributed by atoms with E-state index in [0.29, 0.717) is 36.0 Å². The molecule has 31 heavy (non-hydrogen) atoms. The van der Waals surface area contributed by atoms with E-state index in [1.807, 2.05) is 35.2 Å². The second-order valence-electron chi connectivity index (χ2n) is 7.21. The molecule has 1 aromatic carbocycles. The first-order chi connectivity index (χ1) is 15.1. The molecule has 0 unspecified atom stereocenters. The van der Waals surface area contributed by atoms with Gasteiger partial charge < -0.3 is 19.4 Å². The zero-order valence-corrected chi connectivity index (χ0v) is 17.8. The Labute approximate surface area is 185 Å². The van der Waals surface area contributed by atoms with E-state index in [1.54, 1.807) is 18.3 Å². The number of nitrogens with one attached hydrogen (secondary N) is 1. The standard InChI is InChI=1S/C23H22FN3O3S/c1-29-20(28)6-4-14-27-22(21(26-23(27)31)17-5-2-3-13-25-17)19-12-11-18(30-19)15-7-9-16(24)10-8-15/h2-3,5,7-13,21-22H,4,6,14H2,1H3,(H,26,31)/t21-,22-/m0/s1. The minimum absolute atomic E-state index is 0.209. The van der Waals surface area contributed by atoms with Crippen LogP contribution in [0.1, 0.15) is 36.4 Å². The van der Waals surface area contributed by atoms with Gasteiger partial charge in [0.2, 0.25) is 0 Å². The van der Waals surface area contributed by atoms with E-state index in [1.165, 1.54) is 19.2 Å². The van der Waals surface area contributed by atoms with Crippen LogP contribution in [0.15, 0.2) is 65.2 Å². The highest BCUT2D eigenvalue weighted by atomic mass is 32.1. The molecular weight excluding hydrogens is 417 g/mol. The van der Waals surface area contributed by atoms with Gasteiger partial charge >= 0.3 is 5.97 Å². The largest absolute Gasteiger partial charge is 0.469 e. The van der Waals surface area contributed by atoms with Gasteiger partial charge in [0, 0.05) is 24.7 Å². The fourth-order valence-corrected chi connectivity index (χ4v) is 4.06. The molecule has 3 heterocycles. The second kappa shape index (κ2) is 9.26. The van der Waals surface area contributed by atoms with E-state index in [2.05, 4.69) is 10.3 Å². The second-order valence-corrected chi connectivity index (χ2v) is 7.60. The fourth-order valence-electron chi connectivity index (χ4n) is 3.73. The van der Waals surface area contributed by atoms with Crippen LogP contribution < -0.4 is 5.32 Å². The molecule has 6 nitrogen and oxygen atoms in total. The number of rotatable bonds is 7. The maximum Gasteiger partial charge on any atom is 0.305 e. The van der Waals surface area contributed by atoms with E-state index in [-0.39, 0.29) is 23.9 Å². The Morgan fingerprint density at radius 2 is 2.03 bits per heavy atom. The molecule has 0 spiro atoms. The molecule has 0 amide bonds. The van der Waals surface area contributed by atoms with Crippen molar-refractivity contribution in [3.63, 3.8) is 0 Å². The van der Waals surface area contributed by atoms with E-state index in [4.69, 9.17) is 21.4 Å². The Kier molecular flexibility index (Phi) is 6.27. The minimum Gasteiger partial charge on any atom is -0.469 e. The average molecular weight is 440 g/mol. The Morgan fingerprint density at radius 1 is 1.23 bits per heavy atom. The molecule has 1 N–H and O–H groups in total. The molecule has 1 fully saturated rings. The van der Waals surface area contributed by atoms with Crippen LogP contribution in [0.3, 0.4) is 0 Å². The lowest BCUT2D eigenvalue weighted by atomic mass is 10.0. The van der Waals surface area contributed by atoms with Crippen LogP contribution >= 0.6 is 12.2 Å². The van der Waals surface area contributed by atoms with Crippen molar-refractivity contribution < 1.29 is 18.3 Å². The molecule has 0 aliphatic carbocycles. The molecule has 160 valence electrons. The van der Waals surface area contributed by atoms with Crippen LogP contribution in [0.2, 0.25) is 0 Å². The van der Waals surface area contributed by atoms with Gasteiger partial charge in [0.05, 0.1) is 18.8 Å². The number of pyridine rings is 1. The normalized spacial score (nSPS) is 18.1. The van der Waals surface area contributed by atoms with Crippen LogP contribution in [-0.4, -0.2) is 34.6 Å². The van der Waals surface area contributed by atoms with E-state index < -0.39 is 0 Å². The summed E-state index contributed by atoms with van der Waals surface area (Å²) in [6.07, 6.45) is 2.63. The van der Waals surface area contributed by atoms with Gasteiger partial charge in [-0.25, -0.2) is 4.39 Å². The number of hydrogen-bond acceptors (Lipinski definition) is 5. The number of hydrogen-bond donors (Lipinski definition) is 1. The Morgan fingerprint density at radius 3 is 2.74 bits per heavy atom. The van der Waals surface area contributed by atoms with Gasteiger partial charge in [0.15, 0.2) is 5.11 Å². The maximum absolute atomic E-state index is 13.3. The summed E-state index contributed by atoms with van der Waals surface area (Å²) >= 11 is 5.60. The monoisotopic (exact) mass is 439 g/mol. The van der Waals surface area contributed by atoms with Crippen LogP contribution in [0.5, 0.6) is 0 Å². The van der Waals surface area contributed by atoms with Gasteiger partial charge in [-0.3, -0.25) is 9.78 Å². The molecule has 1 aliphatic rings. The lowest BCUT2D eigenvalue weighted by Crippen LogP contribution is -2.30. The summed E-state index contributed by atoms with van der Waals surface area (Å²) in [5.74, 6) is 0.794. The van der Waals surface area contributed by atoms with Crippen LogP contribution in [0.25, 0.3) is 11.3 Å². The highest BCUT2D eigenvalue weighted by Gasteiger charge is 2.41. The third-order valence-corrected chi connectivity index (χ3v) is 5.60. The number of furan rings is 1. The van der Waals surface area contributed by atoms with Crippen molar-refractivity contribution >= 4 is 23.3 Å². The Hall–Kier alpha value is -3.26. The van der Waals surface area contributed by atoms with Gasteiger partial charge in [-0.05, 0) is 67.2 Å². The van der Waals surface area contributed by atoms with E-state index in [9.17, 15) is 9.18 Å². The molecule has 0 saturated carbocycles. The van der Waals surface area contributed by atoms with E-state index >= 15 is 0 Å².